The maximum atomic E-state index is 2.41. The fourth-order valence-electron chi connectivity index (χ4n) is 3.08. The molecule has 2 unspecified atom stereocenters. The first-order valence-corrected chi connectivity index (χ1v) is 6.95. The Bertz CT molecular complexity index is 168. The Balaban J connectivity index is 1.98. The van der Waals surface area contributed by atoms with Crippen LogP contribution in [-0.2, 0) is 0 Å². The van der Waals surface area contributed by atoms with Crippen molar-refractivity contribution in [2.24, 2.45) is 17.3 Å². The molecule has 0 aromatic carbocycles. The largest absolute Gasteiger partial charge is 0.161 e. The van der Waals surface area contributed by atoms with Gasteiger partial charge in [0.15, 0.2) is 0 Å². The minimum atomic E-state index is 0.790. The van der Waals surface area contributed by atoms with Crippen LogP contribution in [0, 0.1) is 17.3 Å². The second-order valence-electron chi connectivity index (χ2n) is 5.40. The van der Waals surface area contributed by atoms with Crippen molar-refractivity contribution in [3.8, 4) is 0 Å². The van der Waals surface area contributed by atoms with Crippen LogP contribution < -0.4 is 0 Å². The summed E-state index contributed by atoms with van der Waals surface area (Å²) in [6.45, 7) is 4.82. The van der Waals surface area contributed by atoms with E-state index in [-0.39, 0.29) is 0 Å². The van der Waals surface area contributed by atoms with Gasteiger partial charge in [-0.05, 0) is 48.0 Å². The minimum absolute atomic E-state index is 0.790. The van der Waals surface area contributed by atoms with Crippen LogP contribution in [0.25, 0.3) is 0 Å². The molecule has 0 N–H and O–H groups in total. The summed E-state index contributed by atoms with van der Waals surface area (Å²) in [6, 6.07) is 0. The molecule has 0 nitrogen and oxygen atoms in total. The van der Waals surface area contributed by atoms with Gasteiger partial charge in [0.05, 0.1) is 0 Å². The highest BCUT2D eigenvalue weighted by atomic mass is 32.2. The fraction of sp³-hybridized carbons (Fsp3) is 1.00. The molecular formula is C12H22S. The van der Waals surface area contributed by atoms with Gasteiger partial charge in [0, 0.05) is 0 Å². The molecule has 2 rings (SSSR count). The molecule has 76 valence electrons. The van der Waals surface area contributed by atoms with Crippen molar-refractivity contribution in [3.63, 3.8) is 0 Å². The summed E-state index contributed by atoms with van der Waals surface area (Å²) in [5, 5.41) is 0. The van der Waals surface area contributed by atoms with E-state index in [0.29, 0.717) is 0 Å². The summed E-state index contributed by atoms with van der Waals surface area (Å²) in [6.07, 6.45) is 7.59. The third kappa shape index (κ3) is 2.06. The lowest BCUT2D eigenvalue weighted by Crippen LogP contribution is -2.30. The van der Waals surface area contributed by atoms with Gasteiger partial charge in [-0.3, -0.25) is 0 Å². The van der Waals surface area contributed by atoms with E-state index in [1.165, 1.54) is 43.6 Å². The number of thioether (sulfide) groups is 1. The SMILES string of the molecule is CC(C)C1CCCC2(CCSC2)C1. The Morgan fingerprint density at radius 1 is 1.31 bits per heavy atom. The highest BCUT2D eigenvalue weighted by molar-refractivity contribution is 7.99. The van der Waals surface area contributed by atoms with E-state index in [2.05, 4.69) is 25.6 Å². The lowest BCUT2D eigenvalue weighted by molar-refractivity contribution is 0.136. The Morgan fingerprint density at radius 3 is 2.77 bits per heavy atom. The van der Waals surface area contributed by atoms with Crippen LogP contribution in [0.2, 0.25) is 0 Å². The van der Waals surface area contributed by atoms with Gasteiger partial charge in [0.2, 0.25) is 0 Å². The van der Waals surface area contributed by atoms with Gasteiger partial charge in [-0.15, -0.1) is 0 Å². The zero-order valence-electron chi connectivity index (χ0n) is 9.01. The molecule has 13 heavy (non-hydrogen) atoms. The van der Waals surface area contributed by atoms with E-state index >= 15 is 0 Å². The molecular weight excluding hydrogens is 176 g/mol. The molecule has 1 saturated carbocycles. The Hall–Kier alpha value is 0.350. The molecule has 1 spiro atoms. The van der Waals surface area contributed by atoms with Gasteiger partial charge in [-0.25, -0.2) is 0 Å². The maximum absolute atomic E-state index is 2.41. The topological polar surface area (TPSA) is 0 Å². The molecule has 0 bridgehead atoms. The zero-order chi connectivity index (χ0) is 9.31. The van der Waals surface area contributed by atoms with E-state index in [1.54, 1.807) is 0 Å². The van der Waals surface area contributed by atoms with Crippen LogP contribution >= 0.6 is 11.8 Å². The van der Waals surface area contributed by atoms with Crippen LogP contribution in [0.15, 0.2) is 0 Å². The van der Waals surface area contributed by atoms with Gasteiger partial charge < -0.3 is 0 Å². The molecule has 1 heterocycles. The number of rotatable bonds is 1. The molecule has 1 aliphatic heterocycles. The first-order valence-electron chi connectivity index (χ1n) is 5.80. The van der Waals surface area contributed by atoms with Crippen molar-refractivity contribution in [2.45, 2.75) is 46.0 Å². The molecule has 2 aliphatic rings. The molecule has 1 saturated heterocycles. The van der Waals surface area contributed by atoms with Crippen molar-refractivity contribution in [1.82, 2.24) is 0 Å². The standard InChI is InChI=1S/C12H22S/c1-10(2)11-4-3-5-12(8-11)6-7-13-9-12/h10-11H,3-9H2,1-2H3. The first kappa shape index (κ1) is 9.89. The van der Waals surface area contributed by atoms with Crippen molar-refractivity contribution < 1.29 is 0 Å². The van der Waals surface area contributed by atoms with E-state index in [4.69, 9.17) is 0 Å². The second kappa shape index (κ2) is 3.84. The lowest BCUT2D eigenvalue weighted by atomic mass is 9.67. The number of hydrogen-bond donors (Lipinski definition) is 0. The van der Waals surface area contributed by atoms with E-state index in [1.807, 2.05) is 0 Å². The first-order chi connectivity index (χ1) is 6.22. The summed E-state index contributed by atoms with van der Waals surface area (Å²) in [4.78, 5) is 0. The molecule has 2 fully saturated rings. The third-order valence-corrected chi connectivity index (χ3v) is 5.41. The van der Waals surface area contributed by atoms with E-state index in [9.17, 15) is 0 Å². The van der Waals surface area contributed by atoms with Crippen LogP contribution in [0.1, 0.15) is 46.0 Å². The Labute approximate surface area is 86.9 Å². The summed E-state index contributed by atoms with van der Waals surface area (Å²) in [5.74, 6) is 4.86. The average molecular weight is 198 g/mol. The maximum Gasteiger partial charge on any atom is -0.00104 e. The van der Waals surface area contributed by atoms with Gasteiger partial charge in [-0.2, -0.15) is 11.8 Å². The predicted octanol–water partition coefficient (Wildman–Crippen LogP) is 3.96. The van der Waals surface area contributed by atoms with E-state index in [0.717, 1.165) is 17.3 Å². The van der Waals surface area contributed by atoms with Crippen molar-refractivity contribution in [3.05, 3.63) is 0 Å². The molecule has 2 atom stereocenters. The van der Waals surface area contributed by atoms with Gasteiger partial charge in [0.25, 0.3) is 0 Å². The molecule has 0 amide bonds. The smallest absolute Gasteiger partial charge is 0.00104 e. The lowest BCUT2D eigenvalue weighted by Gasteiger charge is -2.39. The quantitative estimate of drug-likeness (QED) is 0.614. The monoisotopic (exact) mass is 198 g/mol. The van der Waals surface area contributed by atoms with Crippen LogP contribution in [-0.4, -0.2) is 11.5 Å². The summed E-state index contributed by atoms with van der Waals surface area (Å²) in [5.41, 5.74) is 0.790. The van der Waals surface area contributed by atoms with Gasteiger partial charge in [0.1, 0.15) is 0 Å². The van der Waals surface area contributed by atoms with Crippen LogP contribution in [0.4, 0.5) is 0 Å². The average Bonchev–Trinajstić information content (AvgIpc) is 2.53. The Kier molecular flexibility index (Phi) is 2.92. The van der Waals surface area contributed by atoms with Crippen LogP contribution in [0.3, 0.4) is 0 Å². The summed E-state index contributed by atoms with van der Waals surface area (Å²) >= 11 is 2.19. The summed E-state index contributed by atoms with van der Waals surface area (Å²) in [7, 11) is 0. The molecule has 1 heteroatoms. The van der Waals surface area contributed by atoms with E-state index < -0.39 is 0 Å². The third-order valence-electron chi connectivity index (χ3n) is 4.11. The van der Waals surface area contributed by atoms with Crippen molar-refractivity contribution in [1.29, 1.82) is 0 Å². The molecule has 0 aromatic heterocycles. The van der Waals surface area contributed by atoms with Crippen molar-refractivity contribution in [2.75, 3.05) is 11.5 Å². The highest BCUT2D eigenvalue weighted by Crippen LogP contribution is 2.50. The van der Waals surface area contributed by atoms with Crippen molar-refractivity contribution >= 4 is 11.8 Å². The van der Waals surface area contributed by atoms with Crippen LogP contribution in [0.5, 0.6) is 0 Å². The van der Waals surface area contributed by atoms with Gasteiger partial charge in [-0.1, -0.05) is 26.7 Å². The highest BCUT2D eigenvalue weighted by Gasteiger charge is 2.39. The molecule has 0 radical (unpaired) electrons. The number of hydrogen-bond acceptors (Lipinski definition) is 1. The second-order valence-corrected chi connectivity index (χ2v) is 6.51. The molecule has 1 aliphatic carbocycles. The molecule has 0 aromatic rings. The normalized spacial score (nSPS) is 40.4. The predicted molar refractivity (Wildman–Crippen MR) is 61.2 cm³/mol. The fourth-order valence-corrected chi connectivity index (χ4v) is 4.64. The zero-order valence-corrected chi connectivity index (χ0v) is 9.83. The Morgan fingerprint density at radius 2 is 2.15 bits per heavy atom. The van der Waals surface area contributed by atoms with Gasteiger partial charge >= 0.3 is 0 Å². The summed E-state index contributed by atoms with van der Waals surface area (Å²) < 4.78 is 0. The minimum Gasteiger partial charge on any atom is -0.161 e.